The predicted octanol–water partition coefficient (Wildman–Crippen LogP) is 4.88. The Morgan fingerprint density at radius 1 is 1.17 bits per heavy atom. The molecule has 2 saturated carbocycles. The molecule has 0 unspecified atom stereocenters. The van der Waals surface area contributed by atoms with Crippen molar-refractivity contribution < 1.29 is 32.6 Å². The summed E-state index contributed by atoms with van der Waals surface area (Å²) in [5.74, 6) is -0.436. The van der Waals surface area contributed by atoms with Crippen LogP contribution in [-0.2, 0) is 10.4 Å². The summed E-state index contributed by atoms with van der Waals surface area (Å²) in [6.07, 6.45) is 0.0578. The van der Waals surface area contributed by atoms with Crippen molar-refractivity contribution in [1.29, 1.82) is 0 Å². The number of alkyl halides is 3. The summed E-state index contributed by atoms with van der Waals surface area (Å²) < 4.78 is 47.3. The largest absolute Gasteiger partial charge is 0.497 e. The number of carbonyl (C=O) groups is 2. The number of methoxy groups -OCH3 is 1. The van der Waals surface area contributed by atoms with Crippen molar-refractivity contribution in [2.24, 2.45) is 11.3 Å². The molecule has 0 radical (unpaired) electrons. The van der Waals surface area contributed by atoms with Crippen LogP contribution in [0.4, 0.5) is 19.0 Å². The Bertz CT molecular complexity index is 1350. The molecule has 1 aromatic carbocycles. The van der Waals surface area contributed by atoms with Crippen molar-refractivity contribution in [1.82, 2.24) is 14.8 Å². The summed E-state index contributed by atoms with van der Waals surface area (Å²) in [4.78, 5) is 35.1. The Balaban J connectivity index is 1.16. The molecule has 1 saturated heterocycles. The first-order valence-electron chi connectivity index (χ1n) is 14.2. The summed E-state index contributed by atoms with van der Waals surface area (Å²) in [5.41, 5.74) is -3.78. The third-order valence-corrected chi connectivity index (χ3v) is 9.58. The lowest BCUT2D eigenvalue weighted by atomic mass is 9.89. The number of anilines is 1. The molecule has 0 bridgehead atoms. The minimum Gasteiger partial charge on any atom is -0.497 e. The standard InChI is InChI=1S/C30H36ClF3N4O4/c1-36(27(40)29(41,30(32,33)34)19-5-4-6-22(17-19)42-3)14-11-20-18-28(20)12-15-38(16-13-28)24-10-9-23(25(31)35-24)26(39)37(2)21-7-8-21/h4-6,9-10,17,20-21,41H,7-8,11-16,18H2,1-3H3/t20-,29+/m0/s1. The fourth-order valence-corrected chi connectivity index (χ4v) is 6.43. The van der Waals surface area contributed by atoms with Crippen molar-refractivity contribution in [3.8, 4) is 5.75 Å². The number of likely N-dealkylation sites (N-methyl/N-ethyl adjacent to an activating group) is 1. The van der Waals surface area contributed by atoms with Gasteiger partial charge >= 0.3 is 6.18 Å². The molecule has 2 aliphatic carbocycles. The van der Waals surface area contributed by atoms with E-state index in [0.717, 1.165) is 62.2 Å². The maximum Gasteiger partial charge on any atom is 0.430 e. The number of carbonyl (C=O) groups excluding carboxylic acids is 2. The number of amides is 2. The van der Waals surface area contributed by atoms with Crippen LogP contribution in [0.3, 0.4) is 0 Å². The number of halogens is 4. The maximum atomic E-state index is 14.1. The number of benzene rings is 1. The van der Waals surface area contributed by atoms with Gasteiger partial charge in [0, 0.05) is 45.3 Å². The highest BCUT2D eigenvalue weighted by Gasteiger charge is 2.62. The molecule has 1 aromatic heterocycles. The maximum absolute atomic E-state index is 14.1. The van der Waals surface area contributed by atoms with E-state index in [0.29, 0.717) is 17.8 Å². The van der Waals surface area contributed by atoms with Crippen LogP contribution in [0.2, 0.25) is 5.15 Å². The molecule has 3 aliphatic rings. The molecule has 3 fully saturated rings. The van der Waals surface area contributed by atoms with Crippen LogP contribution < -0.4 is 9.64 Å². The highest BCUT2D eigenvalue weighted by molar-refractivity contribution is 6.32. The van der Waals surface area contributed by atoms with Crippen LogP contribution in [0, 0.1) is 11.3 Å². The van der Waals surface area contributed by atoms with Gasteiger partial charge in [-0.25, -0.2) is 4.98 Å². The Morgan fingerprint density at radius 3 is 2.45 bits per heavy atom. The molecule has 1 aliphatic heterocycles. The fraction of sp³-hybridized carbons (Fsp3) is 0.567. The zero-order valence-corrected chi connectivity index (χ0v) is 24.7. The van der Waals surface area contributed by atoms with E-state index < -0.39 is 23.2 Å². The SMILES string of the molecule is COc1cccc([C@@](O)(C(=O)N(C)CC[C@H]2CC23CCN(c2ccc(C(=O)N(C)C4CC4)c(Cl)n2)CC3)C(F)(F)F)c1. The predicted molar refractivity (Wildman–Crippen MR) is 152 cm³/mol. The van der Waals surface area contributed by atoms with Crippen molar-refractivity contribution in [3.05, 3.63) is 52.7 Å². The Morgan fingerprint density at radius 2 is 1.86 bits per heavy atom. The van der Waals surface area contributed by atoms with Crippen LogP contribution in [-0.4, -0.2) is 84.8 Å². The summed E-state index contributed by atoms with van der Waals surface area (Å²) in [6.45, 7) is 1.58. The van der Waals surface area contributed by atoms with Crippen LogP contribution in [0.25, 0.3) is 0 Å². The monoisotopic (exact) mass is 608 g/mol. The second kappa shape index (κ2) is 11.2. The Kier molecular flexibility index (Phi) is 8.12. The molecule has 1 spiro atoms. The molecular weight excluding hydrogens is 573 g/mol. The molecule has 1 N–H and O–H groups in total. The number of hydrogen-bond donors (Lipinski definition) is 1. The van der Waals surface area contributed by atoms with Gasteiger partial charge in [-0.2, -0.15) is 13.2 Å². The van der Waals surface area contributed by atoms with Crippen LogP contribution in [0.15, 0.2) is 36.4 Å². The number of pyridine rings is 1. The van der Waals surface area contributed by atoms with Gasteiger partial charge in [0.05, 0.1) is 12.7 Å². The van der Waals surface area contributed by atoms with Crippen molar-refractivity contribution in [2.75, 3.05) is 45.7 Å². The molecular formula is C30H36ClF3N4O4. The van der Waals surface area contributed by atoms with Gasteiger partial charge in [0.25, 0.3) is 17.4 Å². The van der Waals surface area contributed by atoms with E-state index in [1.807, 2.05) is 6.07 Å². The van der Waals surface area contributed by atoms with Gasteiger partial charge in [0.1, 0.15) is 16.7 Å². The van der Waals surface area contributed by atoms with Gasteiger partial charge < -0.3 is 24.5 Å². The molecule has 42 heavy (non-hydrogen) atoms. The molecule has 228 valence electrons. The van der Waals surface area contributed by atoms with E-state index in [-0.39, 0.29) is 40.7 Å². The molecule has 5 rings (SSSR count). The molecule has 2 amide bonds. The highest BCUT2D eigenvalue weighted by Crippen LogP contribution is 2.61. The molecule has 2 atom stereocenters. The topological polar surface area (TPSA) is 86.2 Å². The zero-order chi connectivity index (χ0) is 30.4. The van der Waals surface area contributed by atoms with Crippen molar-refractivity contribution in [3.63, 3.8) is 0 Å². The number of rotatable bonds is 9. The van der Waals surface area contributed by atoms with Gasteiger partial charge in [-0.3, -0.25) is 9.59 Å². The van der Waals surface area contributed by atoms with E-state index >= 15 is 0 Å². The third kappa shape index (κ3) is 5.65. The fourth-order valence-electron chi connectivity index (χ4n) is 6.20. The summed E-state index contributed by atoms with van der Waals surface area (Å²) in [7, 11) is 4.38. The minimum absolute atomic E-state index is 0.0835. The average Bonchev–Trinajstić information content (AvgIpc) is 3.91. The van der Waals surface area contributed by atoms with Gasteiger partial charge in [0.2, 0.25) is 0 Å². The lowest BCUT2D eigenvalue weighted by Gasteiger charge is -2.35. The normalized spacial score (nSPS) is 21.0. The number of hydrogen-bond acceptors (Lipinski definition) is 6. The van der Waals surface area contributed by atoms with Crippen LogP contribution in [0.5, 0.6) is 5.75 Å². The van der Waals surface area contributed by atoms with Crippen molar-refractivity contribution in [2.45, 2.75) is 56.3 Å². The van der Waals surface area contributed by atoms with E-state index in [9.17, 15) is 27.9 Å². The number of aromatic nitrogens is 1. The van der Waals surface area contributed by atoms with E-state index in [2.05, 4.69) is 9.88 Å². The number of aliphatic hydroxyl groups is 1. The van der Waals surface area contributed by atoms with Gasteiger partial charge in [-0.1, -0.05) is 23.7 Å². The smallest absolute Gasteiger partial charge is 0.430 e. The van der Waals surface area contributed by atoms with Crippen LogP contribution >= 0.6 is 11.6 Å². The zero-order valence-electron chi connectivity index (χ0n) is 24.0. The number of ether oxygens (including phenoxy) is 1. The molecule has 12 heteroatoms. The average molecular weight is 609 g/mol. The van der Waals surface area contributed by atoms with E-state index in [1.165, 1.54) is 26.3 Å². The second-order valence-corrected chi connectivity index (χ2v) is 12.2. The highest BCUT2D eigenvalue weighted by atomic mass is 35.5. The third-order valence-electron chi connectivity index (χ3n) is 9.29. The lowest BCUT2D eigenvalue weighted by Crippen LogP contribution is -2.55. The first kappa shape index (κ1) is 30.4. The second-order valence-electron chi connectivity index (χ2n) is 11.9. The van der Waals surface area contributed by atoms with E-state index in [1.54, 1.807) is 18.0 Å². The quantitative estimate of drug-likeness (QED) is 0.409. The minimum atomic E-state index is -5.21. The first-order chi connectivity index (χ1) is 19.8. The van der Waals surface area contributed by atoms with Gasteiger partial charge in [-0.15, -0.1) is 0 Å². The summed E-state index contributed by atoms with van der Waals surface area (Å²) in [6, 6.07) is 8.70. The van der Waals surface area contributed by atoms with Gasteiger partial charge in [0.15, 0.2) is 0 Å². The van der Waals surface area contributed by atoms with E-state index in [4.69, 9.17) is 16.3 Å². The number of piperidine rings is 1. The molecule has 2 heterocycles. The van der Waals surface area contributed by atoms with Crippen molar-refractivity contribution >= 4 is 29.2 Å². The van der Waals surface area contributed by atoms with Crippen LogP contribution in [0.1, 0.15) is 54.4 Å². The molecule has 8 nitrogen and oxygen atoms in total. The summed E-state index contributed by atoms with van der Waals surface area (Å²) >= 11 is 6.40. The summed E-state index contributed by atoms with van der Waals surface area (Å²) in [5, 5.41) is 10.9. The number of nitrogens with zero attached hydrogens (tertiary/aromatic N) is 4. The Hall–Kier alpha value is -3.05. The lowest BCUT2D eigenvalue weighted by molar-refractivity contribution is -0.261. The Labute approximate surface area is 248 Å². The first-order valence-corrected chi connectivity index (χ1v) is 14.6. The van der Waals surface area contributed by atoms with Gasteiger partial charge in [-0.05, 0) is 74.1 Å². The molecule has 2 aromatic rings.